The number of aromatic carboxylic acids is 2. The Balaban J connectivity index is 0. The average molecular weight is 402 g/mol. The number of unbranched alkanes of at least 4 members (excludes halogenated alkanes) is 1. The molecule has 0 spiro atoms. The second-order valence-electron chi connectivity index (χ2n) is 6.11. The third-order valence-corrected chi connectivity index (χ3v) is 3.38. The first kappa shape index (κ1) is 28.2. The number of rotatable bonds is 9. The van der Waals surface area contributed by atoms with Crippen molar-refractivity contribution >= 4 is 11.9 Å². The lowest BCUT2D eigenvalue weighted by Gasteiger charge is -2.10. The molecule has 8 nitrogen and oxygen atoms in total. The summed E-state index contributed by atoms with van der Waals surface area (Å²) in [4.78, 5) is 21.2. The third-order valence-electron chi connectivity index (χ3n) is 3.38. The van der Waals surface area contributed by atoms with Crippen molar-refractivity contribution in [2.45, 2.75) is 52.7 Å². The van der Waals surface area contributed by atoms with Crippen LogP contribution in [0.15, 0.2) is 18.2 Å². The van der Waals surface area contributed by atoms with Crippen LogP contribution in [0, 0.1) is 6.92 Å². The summed E-state index contributed by atoms with van der Waals surface area (Å²) in [5, 5.41) is 34.5. The molecule has 0 saturated carbocycles. The van der Waals surface area contributed by atoms with Crippen LogP contribution in [0.5, 0.6) is 0 Å². The lowest BCUT2D eigenvalue weighted by molar-refractivity contribution is -0.0177. The molecule has 0 aliphatic rings. The van der Waals surface area contributed by atoms with E-state index in [9.17, 15) is 9.59 Å². The number of aliphatic hydroxyl groups is 2. The fourth-order valence-corrected chi connectivity index (χ4v) is 1.74. The van der Waals surface area contributed by atoms with Gasteiger partial charge in [-0.1, -0.05) is 19.4 Å². The Kier molecular flexibility index (Phi) is 17.3. The van der Waals surface area contributed by atoms with Gasteiger partial charge in [0.25, 0.3) is 0 Å². The van der Waals surface area contributed by atoms with Crippen LogP contribution in [0.4, 0.5) is 0 Å². The smallest absolute Gasteiger partial charge is 0.335 e. The number of carbonyl (C=O) groups is 2. The Labute approximate surface area is 166 Å². The number of carboxylic acids is 2. The first-order chi connectivity index (χ1) is 13.1. The molecule has 1 rings (SSSR count). The van der Waals surface area contributed by atoms with Crippen LogP contribution in [0.25, 0.3) is 0 Å². The minimum atomic E-state index is -1.11. The molecule has 0 aliphatic carbocycles. The highest BCUT2D eigenvalue weighted by atomic mass is 16.5. The Morgan fingerprint density at radius 1 is 1.11 bits per heavy atom. The summed E-state index contributed by atoms with van der Waals surface area (Å²) in [6.07, 6.45) is 1.81. The molecule has 2 atom stereocenters. The lowest BCUT2D eigenvalue weighted by Crippen LogP contribution is -2.19. The first-order valence-electron chi connectivity index (χ1n) is 9.07. The van der Waals surface area contributed by atoms with Crippen molar-refractivity contribution in [3.8, 4) is 0 Å². The molecule has 1 aromatic carbocycles. The van der Waals surface area contributed by atoms with Gasteiger partial charge in [-0.3, -0.25) is 0 Å². The number of hydrogen-bond donors (Lipinski definition) is 4. The average Bonchev–Trinajstić information content (AvgIpc) is 2.65. The van der Waals surface area contributed by atoms with E-state index in [1.54, 1.807) is 21.0 Å². The number of aliphatic hydroxyl groups excluding tert-OH is 2. The molecule has 8 heteroatoms. The highest BCUT2D eigenvalue weighted by Crippen LogP contribution is 2.13. The van der Waals surface area contributed by atoms with E-state index in [1.165, 1.54) is 38.0 Å². The largest absolute Gasteiger partial charge is 0.478 e. The number of benzene rings is 1. The number of methoxy groups -OCH3 is 1. The van der Waals surface area contributed by atoms with Crippen molar-refractivity contribution in [3.63, 3.8) is 0 Å². The molecule has 0 amide bonds. The molecule has 4 N–H and O–H groups in total. The predicted octanol–water partition coefficient (Wildman–Crippen LogP) is 2.59. The Morgan fingerprint density at radius 3 is 1.89 bits per heavy atom. The van der Waals surface area contributed by atoms with Gasteiger partial charge < -0.3 is 29.9 Å². The topological polar surface area (TPSA) is 134 Å². The van der Waals surface area contributed by atoms with E-state index in [0.717, 1.165) is 6.61 Å². The monoisotopic (exact) mass is 402 g/mol. The van der Waals surface area contributed by atoms with Gasteiger partial charge in [0.1, 0.15) is 0 Å². The van der Waals surface area contributed by atoms with Gasteiger partial charge in [-0.15, -0.1) is 0 Å². The van der Waals surface area contributed by atoms with E-state index in [1.807, 2.05) is 0 Å². The van der Waals surface area contributed by atoms with E-state index in [4.69, 9.17) is 29.9 Å². The van der Waals surface area contributed by atoms with Crippen LogP contribution in [-0.2, 0) is 9.47 Å². The molecule has 1 aromatic rings. The third kappa shape index (κ3) is 14.1. The van der Waals surface area contributed by atoms with Gasteiger partial charge in [0.15, 0.2) is 0 Å². The fourth-order valence-electron chi connectivity index (χ4n) is 1.74. The summed E-state index contributed by atoms with van der Waals surface area (Å²) in [6.45, 7) is 8.24. The zero-order valence-electron chi connectivity index (χ0n) is 17.3. The SMILES string of the molecule is CC(O)COC(C)CO.CCCCOC.Cc1c(C(=O)O)cccc1C(=O)O. The Hall–Kier alpha value is -2.00. The Bertz CT molecular complexity index is 521. The van der Waals surface area contributed by atoms with Crippen molar-refractivity contribution in [1.29, 1.82) is 0 Å². The molecule has 0 aromatic heterocycles. The Morgan fingerprint density at radius 2 is 1.61 bits per heavy atom. The molecule has 28 heavy (non-hydrogen) atoms. The molecular weight excluding hydrogens is 368 g/mol. The van der Waals surface area contributed by atoms with Crippen molar-refractivity contribution in [3.05, 3.63) is 34.9 Å². The quantitative estimate of drug-likeness (QED) is 0.463. The molecule has 0 heterocycles. The zero-order valence-corrected chi connectivity index (χ0v) is 17.3. The van der Waals surface area contributed by atoms with E-state index < -0.39 is 18.0 Å². The van der Waals surface area contributed by atoms with Crippen LogP contribution in [0.1, 0.15) is 59.9 Å². The summed E-state index contributed by atoms with van der Waals surface area (Å²) < 4.78 is 9.73. The van der Waals surface area contributed by atoms with Gasteiger partial charge in [0, 0.05) is 13.7 Å². The molecule has 0 saturated heterocycles. The van der Waals surface area contributed by atoms with E-state index >= 15 is 0 Å². The van der Waals surface area contributed by atoms with Gasteiger partial charge in [0.05, 0.1) is 36.5 Å². The molecule has 0 bridgehead atoms. The number of carboxylic acid groups (broad SMARTS) is 2. The summed E-state index contributed by atoms with van der Waals surface area (Å²) >= 11 is 0. The molecule has 162 valence electrons. The normalized spacial score (nSPS) is 12.0. The van der Waals surface area contributed by atoms with E-state index in [2.05, 4.69) is 6.92 Å². The molecule has 0 aliphatic heterocycles. The van der Waals surface area contributed by atoms with E-state index in [0.29, 0.717) is 6.61 Å². The summed E-state index contributed by atoms with van der Waals surface area (Å²) in [5.74, 6) is -2.22. The highest BCUT2D eigenvalue weighted by molar-refractivity contribution is 5.96. The standard InChI is InChI=1S/C9H8O4.C6H14O3.C5H12O/c1-5-6(8(10)11)3-2-4-7(5)9(12)13;1-5(8)4-9-6(2)3-7;1-3-4-5-6-2/h2-4H,1H3,(H,10,11)(H,12,13);5-8H,3-4H2,1-2H3;3-5H2,1-2H3. The maximum atomic E-state index is 10.6. The minimum absolute atomic E-state index is 0.00667. The van der Waals surface area contributed by atoms with Crippen LogP contribution >= 0.6 is 0 Å². The van der Waals surface area contributed by atoms with Gasteiger partial charge in [-0.05, 0) is 44.9 Å². The van der Waals surface area contributed by atoms with E-state index in [-0.39, 0.29) is 29.4 Å². The van der Waals surface area contributed by atoms with Crippen molar-refractivity contribution in [2.75, 3.05) is 26.9 Å². The van der Waals surface area contributed by atoms with Gasteiger partial charge in [0.2, 0.25) is 0 Å². The van der Waals surface area contributed by atoms with Crippen molar-refractivity contribution in [2.24, 2.45) is 0 Å². The maximum Gasteiger partial charge on any atom is 0.335 e. The summed E-state index contributed by atoms with van der Waals surface area (Å²) in [6, 6.07) is 4.17. The lowest BCUT2D eigenvalue weighted by atomic mass is 10.0. The predicted molar refractivity (Wildman–Crippen MR) is 106 cm³/mol. The van der Waals surface area contributed by atoms with Crippen LogP contribution < -0.4 is 0 Å². The first-order valence-corrected chi connectivity index (χ1v) is 9.07. The second-order valence-corrected chi connectivity index (χ2v) is 6.11. The van der Waals surface area contributed by atoms with Crippen LogP contribution in [0.3, 0.4) is 0 Å². The zero-order chi connectivity index (χ0) is 22.1. The molecule has 0 radical (unpaired) electrons. The van der Waals surface area contributed by atoms with Crippen LogP contribution in [0.2, 0.25) is 0 Å². The summed E-state index contributed by atoms with van der Waals surface area (Å²) in [7, 11) is 1.73. The maximum absolute atomic E-state index is 10.6. The molecule has 0 fully saturated rings. The van der Waals surface area contributed by atoms with Crippen molar-refractivity contribution in [1.82, 2.24) is 0 Å². The number of hydrogen-bond acceptors (Lipinski definition) is 6. The van der Waals surface area contributed by atoms with Crippen molar-refractivity contribution < 1.29 is 39.5 Å². The molecular formula is C20H34O8. The van der Waals surface area contributed by atoms with Crippen LogP contribution in [-0.4, -0.2) is 71.5 Å². The molecule has 2 unspecified atom stereocenters. The number of ether oxygens (including phenoxy) is 2. The minimum Gasteiger partial charge on any atom is -0.478 e. The fraction of sp³-hybridized carbons (Fsp3) is 0.600. The van der Waals surface area contributed by atoms with Gasteiger partial charge >= 0.3 is 11.9 Å². The summed E-state index contributed by atoms with van der Waals surface area (Å²) in [5.41, 5.74) is 0.335. The highest BCUT2D eigenvalue weighted by Gasteiger charge is 2.13. The van der Waals surface area contributed by atoms with Gasteiger partial charge in [-0.25, -0.2) is 9.59 Å². The van der Waals surface area contributed by atoms with Gasteiger partial charge in [-0.2, -0.15) is 0 Å². The second kappa shape index (κ2) is 17.1.